The number of methoxy groups -OCH3 is 1. The van der Waals surface area contributed by atoms with Crippen molar-refractivity contribution in [1.29, 1.82) is 0 Å². The first-order valence-corrected chi connectivity index (χ1v) is 6.08. The van der Waals surface area contributed by atoms with Gasteiger partial charge in [-0.1, -0.05) is 6.07 Å². The van der Waals surface area contributed by atoms with Gasteiger partial charge in [-0.3, -0.25) is 0 Å². The minimum Gasteiger partial charge on any atom is -0.465 e. The molecule has 0 fully saturated rings. The van der Waals surface area contributed by atoms with Crippen LogP contribution in [-0.4, -0.2) is 13.1 Å². The Labute approximate surface area is 116 Å². The fraction of sp³-hybridized carbons (Fsp3) is 0.133. The molecule has 0 aliphatic carbocycles. The van der Waals surface area contributed by atoms with Crippen molar-refractivity contribution in [3.05, 3.63) is 59.4 Å². The molecule has 0 spiro atoms. The summed E-state index contributed by atoms with van der Waals surface area (Å²) in [6.07, 6.45) is 0. The number of nitrogens with two attached hydrogens (primary N) is 1. The van der Waals surface area contributed by atoms with Gasteiger partial charge in [-0.05, 0) is 36.4 Å². The molecule has 104 valence electrons. The van der Waals surface area contributed by atoms with Gasteiger partial charge in [-0.2, -0.15) is 0 Å². The maximum Gasteiger partial charge on any atom is 0.337 e. The largest absolute Gasteiger partial charge is 0.465 e. The third-order valence-electron chi connectivity index (χ3n) is 2.91. The first-order chi connectivity index (χ1) is 9.65. The van der Waals surface area contributed by atoms with E-state index in [1.807, 2.05) is 0 Å². The Bertz CT molecular complexity index is 612. The molecule has 0 amide bonds. The number of ether oxygens (including phenoxy) is 1. The SMILES string of the molecule is COC(=O)c1ccc(Nc2cccc(F)c2CN)cc1. The van der Waals surface area contributed by atoms with E-state index in [1.165, 1.54) is 13.2 Å². The molecule has 2 aromatic rings. The van der Waals surface area contributed by atoms with Gasteiger partial charge in [0.25, 0.3) is 0 Å². The normalized spacial score (nSPS) is 10.2. The lowest BCUT2D eigenvalue weighted by Crippen LogP contribution is -2.05. The smallest absolute Gasteiger partial charge is 0.337 e. The molecule has 20 heavy (non-hydrogen) atoms. The Hall–Kier alpha value is -2.40. The highest BCUT2D eigenvalue weighted by Crippen LogP contribution is 2.23. The molecular formula is C15H15FN2O2. The number of halogens is 1. The fourth-order valence-electron chi connectivity index (χ4n) is 1.85. The summed E-state index contributed by atoms with van der Waals surface area (Å²) in [5.41, 5.74) is 7.77. The third kappa shape index (κ3) is 2.95. The van der Waals surface area contributed by atoms with Gasteiger partial charge in [0.1, 0.15) is 5.82 Å². The molecule has 2 aromatic carbocycles. The zero-order valence-corrected chi connectivity index (χ0v) is 11.0. The monoisotopic (exact) mass is 274 g/mol. The zero-order valence-electron chi connectivity index (χ0n) is 11.0. The average molecular weight is 274 g/mol. The van der Waals surface area contributed by atoms with E-state index < -0.39 is 5.97 Å². The van der Waals surface area contributed by atoms with E-state index in [1.54, 1.807) is 36.4 Å². The fourth-order valence-corrected chi connectivity index (χ4v) is 1.85. The molecule has 0 saturated heterocycles. The van der Waals surface area contributed by atoms with Gasteiger partial charge in [0.2, 0.25) is 0 Å². The molecule has 0 saturated carbocycles. The van der Waals surface area contributed by atoms with Crippen LogP contribution in [0.3, 0.4) is 0 Å². The summed E-state index contributed by atoms with van der Waals surface area (Å²) in [6.45, 7) is 0.106. The van der Waals surface area contributed by atoms with Gasteiger partial charge in [0, 0.05) is 23.5 Å². The predicted molar refractivity (Wildman–Crippen MR) is 75.4 cm³/mol. The van der Waals surface area contributed by atoms with Crippen LogP contribution in [0.4, 0.5) is 15.8 Å². The molecule has 5 heteroatoms. The molecule has 0 unspecified atom stereocenters. The number of hydrogen-bond acceptors (Lipinski definition) is 4. The number of carbonyl (C=O) groups excluding carboxylic acids is 1. The molecule has 0 aliphatic heterocycles. The van der Waals surface area contributed by atoms with Gasteiger partial charge >= 0.3 is 5.97 Å². The molecule has 0 heterocycles. The average Bonchev–Trinajstić information content (AvgIpc) is 2.47. The number of benzene rings is 2. The second kappa shape index (κ2) is 6.16. The Balaban J connectivity index is 2.22. The van der Waals surface area contributed by atoms with E-state index in [0.717, 1.165) is 5.69 Å². The van der Waals surface area contributed by atoms with Crippen molar-refractivity contribution >= 4 is 17.3 Å². The van der Waals surface area contributed by atoms with E-state index in [-0.39, 0.29) is 12.4 Å². The standard InChI is InChI=1S/C15H15FN2O2/c1-20-15(19)10-5-7-11(8-6-10)18-14-4-2-3-13(16)12(14)9-17/h2-8,18H,9,17H2,1H3. The summed E-state index contributed by atoms with van der Waals surface area (Å²) in [5, 5.41) is 3.08. The topological polar surface area (TPSA) is 64.3 Å². The number of esters is 1. The Morgan fingerprint density at radius 1 is 1.25 bits per heavy atom. The van der Waals surface area contributed by atoms with E-state index in [9.17, 15) is 9.18 Å². The van der Waals surface area contributed by atoms with Crippen molar-refractivity contribution in [2.24, 2.45) is 5.73 Å². The van der Waals surface area contributed by atoms with E-state index in [2.05, 4.69) is 10.1 Å². The number of nitrogens with one attached hydrogen (secondary N) is 1. The highest BCUT2D eigenvalue weighted by Gasteiger charge is 2.08. The second-order valence-electron chi connectivity index (χ2n) is 4.16. The molecular weight excluding hydrogens is 259 g/mol. The van der Waals surface area contributed by atoms with Crippen LogP contribution in [-0.2, 0) is 11.3 Å². The summed E-state index contributed by atoms with van der Waals surface area (Å²) in [5.74, 6) is -0.742. The van der Waals surface area contributed by atoms with Crippen LogP contribution in [0.5, 0.6) is 0 Å². The zero-order chi connectivity index (χ0) is 14.5. The molecule has 3 N–H and O–H groups in total. The summed E-state index contributed by atoms with van der Waals surface area (Å²) < 4.78 is 18.2. The van der Waals surface area contributed by atoms with Crippen molar-refractivity contribution in [1.82, 2.24) is 0 Å². The maximum absolute atomic E-state index is 13.6. The van der Waals surface area contributed by atoms with Gasteiger partial charge in [0.05, 0.1) is 12.7 Å². The van der Waals surface area contributed by atoms with E-state index in [4.69, 9.17) is 5.73 Å². The summed E-state index contributed by atoms with van der Waals surface area (Å²) in [6, 6.07) is 11.4. The van der Waals surface area contributed by atoms with Crippen LogP contribution >= 0.6 is 0 Å². The van der Waals surface area contributed by atoms with Crippen LogP contribution in [0.1, 0.15) is 15.9 Å². The minimum absolute atomic E-state index is 0.106. The van der Waals surface area contributed by atoms with Crippen molar-refractivity contribution in [3.8, 4) is 0 Å². The van der Waals surface area contributed by atoms with Crippen LogP contribution in [0.2, 0.25) is 0 Å². The number of carbonyl (C=O) groups is 1. The van der Waals surface area contributed by atoms with Gasteiger partial charge in [-0.15, -0.1) is 0 Å². The summed E-state index contributed by atoms with van der Waals surface area (Å²) >= 11 is 0. The van der Waals surface area contributed by atoms with Gasteiger partial charge < -0.3 is 15.8 Å². The quantitative estimate of drug-likeness (QED) is 0.841. The molecule has 0 aromatic heterocycles. The number of anilines is 2. The van der Waals surface area contributed by atoms with E-state index >= 15 is 0 Å². The van der Waals surface area contributed by atoms with Gasteiger partial charge in [-0.25, -0.2) is 9.18 Å². The lowest BCUT2D eigenvalue weighted by atomic mass is 10.1. The Kier molecular flexibility index (Phi) is 4.32. The van der Waals surface area contributed by atoms with Gasteiger partial charge in [0.15, 0.2) is 0 Å². The first kappa shape index (κ1) is 14.0. The van der Waals surface area contributed by atoms with Crippen LogP contribution in [0.25, 0.3) is 0 Å². The summed E-state index contributed by atoms with van der Waals surface area (Å²) in [7, 11) is 1.33. The molecule has 0 radical (unpaired) electrons. The molecule has 4 nitrogen and oxygen atoms in total. The molecule has 0 aliphatic rings. The highest BCUT2D eigenvalue weighted by atomic mass is 19.1. The minimum atomic E-state index is -0.398. The van der Waals surface area contributed by atoms with E-state index in [0.29, 0.717) is 16.8 Å². The highest BCUT2D eigenvalue weighted by molar-refractivity contribution is 5.89. The van der Waals surface area contributed by atoms with Crippen LogP contribution in [0, 0.1) is 5.82 Å². The lowest BCUT2D eigenvalue weighted by molar-refractivity contribution is 0.0601. The first-order valence-electron chi connectivity index (χ1n) is 6.08. The van der Waals surface area contributed by atoms with Crippen molar-refractivity contribution in [2.75, 3.05) is 12.4 Å². The molecule has 0 atom stereocenters. The van der Waals surface area contributed by atoms with Crippen LogP contribution < -0.4 is 11.1 Å². The van der Waals surface area contributed by atoms with Crippen molar-refractivity contribution < 1.29 is 13.9 Å². The molecule has 0 bridgehead atoms. The molecule has 2 rings (SSSR count). The predicted octanol–water partition coefficient (Wildman–Crippen LogP) is 2.81. The lowest BCUT2D eigenvalue weighted by Gasteiger charge is -2.12. The number of rotatable bonds is 4. The number of hydrogen-bond donors (Lipinski definition) is 2. The van der Waals surface area contributed by atoms with Crippen LogP contribution in [0.15, 0.2) is 42.5 Å². The maximum atomic E-state index is 13.6. The third-order valence-corrected chi connectivity index (χ3v) is 2.91. The second-order valence-corrected chi connectivity index (χ2v) is 4.16. The Morgan fingerprint density at radius 3 is 2.55 bits per heavy atom. The Morgan fingerprint density at radius 2 is 1.95 bits per heavy atom. The van der Waals surface area contributed by atoms with Crippen molar-refractivity contribution in [2.45, 2.75) is 6.54 Å². The van der Waals surface area contributed by atoms with Crippen molar-refractivity contribution in [3.63, 3.8) is 0 Å². The summed E-state index contributed by atoms with van der Waals surface area (Å²) in [4.78, 5) is 11.3.